The Morgan fingerprint density at radius 1 is 1.10 bits per heavy atom. The van der Waals surface area contributed by atoms with E-state index in [2.05, 4.69) is 9.71 Å². The Bertz CT molecular complexity index is 898. The van der Waals surface area contributed by atoms with Gasteiger partial charge in [0.25, 0.3) is 15.9 Å². The van der Waals surface area contributed by atoms with Crippen molar-refractivity contribution in [3.63, 3.8) is 0 Å². The number of carbonyl (C=O) groups is 1. The Labute approximate surface area is 125 Å². The normalized spacial score (nSPS) is 11.4. The van der Waals surface area contributed by atoms with Gasteiger partial charge in [-0.2, -0.15) is 0 Å². The van der Waals surface area contributed by atoms with Crippen LogP contribution in [0.4, 0.5) is 0 Å². The van der Waals surface area contributed by atoms with E-state index in [-0.39, 0.29) is 9.77 Å². The topological polar surface area (TPSA) is 76.1 Å². The maximum Gasteiger partial charge on any atom is 0.273 e. The van der Waals surface area contributed by atoms with Crippen molar-refractivity contribution in [1.82, 2.24) is 9.71 Å². The lowest BCUT2D eigenvalue weighted by atomic mass is 10.1. The molecular formula is C14H10N2O3S2. The van der Waals surface area contributed by atoms with Crippen LogP contribution in [0.1, 0.15) is 10.4 Å². The predicted molar refractivity (Wildman–Crippen MR) is 80.7 cm³/mol. The van der Waals surface area contributed by atoms with Gasteiger partial charge in [0.05, 0.1) is 5.52 Å². The number of aromatic nitrogens is 1. The maximum absolute atomic E-state index is 12.3. The lowest BCUT2D eigenvalue weighted by Gasteiger charge is -2.07. The Balaban J connectivity index is 1.99. The van der Waals surface area contributed by atoms with E-state index in [9.17, 15) is 13.2 Å². The summed E-state index contributed by atoms with van der Waals surface area (Å²) in [6.07, 6.45) is 1.62. The van der Waals surface area contributed by atoms with Crippen LogP contribution >= 0.6 is 11.3 Å². The Kier molecular flexibility index (Phi) is 3.44. The molecule has 0 bridgehead atoms. The van der Waals surface area contributed by atoms with Crippen molar-refractivity contribution >= 4 is 38.2 Å². The van der Waals surface area contributed by atoms with Crippen LogP contribution in [-0.2, 0) is 10.0 Å². The quantitative estimate of drug-likeness (QED) is 0.804. The average molecular weight is 318 g/mol. The minimum atomic E-state index is -3.83. The summed E-state index contributed by atoms with van der Waals surface area (Å²) in [6.45, 7) is 0. The van der Waals surface area contributed by atoms with Gasteiger partial charge in [0.15, 0.2) is 0 Å². The van der Waals surface area contributed by atoms with Gasteiger partial charge < -0.3 is 0 Å². The predicted octanol–water partition coefficient (Wildman–Crippen LogP) is 2.42. The number of benzene rings is 1. The highest BCUT2D eigenvalue weighted by Crippen LogP contribution is 2.19. The molecule has 0 radical (unpaired) electrons. The van der Waals surface area contributed by atoms with Crippen LogP contribution in [0.15, 0.2) is 58.3 Å². The van der Waals surface area contributed by atoms with Crippen molar-refractivity contribution in [2.45, 2.75) is 4.21 Å². The molecule has 0 aliphatic carbocycles. The van der Waals surface area contributed by atoms with Gasteiger partial charge in [0.1, 0.15) is 4.21 Å². The highest BCUT2D eigenvalue weighted by atomic mass is 32.2. The zero-order valence-corrected chi connectivity index (χ0v) is 12.3. The lowest BCUT2D eigenvalue weighted by molar-refractivity contribution is 0.0983. The molecule has 2 heterocycles. The zero-order chi connectivity index (χ0) is 14.9. The third kappa shape index (κ3) is 2.65. The Morgan fingerprint density at radius 3 is 2.71 bits per heavy atom. The van der Waals surface area contributed by atoms with Crippen LogP contribution in [0.2, 0.25) is 0 Å². The molecular weight excluding hydrogens is 308 g/mol. The summed E-state index contributed by atoms with van der Waals surface area (Å²) in [4.78, 5) is 16.4. The monoisotopic (exact) mass is 318 g/mol. The van der Waals surface area contributed by atoms with Crippen molar-refractivity contribution < 1.29 is 13.2 Å². The van der Waals surface area contributed by atoms with Crippen molar-refractivity contribution in [1.29, 1.82) is 0 Å². The number of hydrogen-bond acceptors (Lipinski definition) is 5. The molecule has 2 aromatic heterocycles. The number of fused-ring (bicyclic) bond motifs is 1. The Morgan fingerprint density at radius 2 is 1.95 bits per heavy atom. The smallest absolute Gasteiger partial charge is 0.268 e. The van der Waals surface area contributed by atoms with Crippen molar-refractivity contribution in [3.8, 4) is 0 Å². The highest BCUT2D eigenvalue weighted by molar-refractivity contribution is 7.92. The van der Waals surface area contributed by atoms with Gasteiger partial charge in [0.2, 0.25) is 0 Å². The fraction of sp³-hybridized carbons (Fsp3) is 0. The minimum absolute atomic E-state index is 0.106. The number of rotatable bonds is 3. The third-order valence-corrected chi connectivity index (χ3v) is 5.61. The molecule has 7 heteroatoms. The molecule has 1 N–H and O–H groups in total. The summed E-state index contributed by atoms with van der Waals surface area (Å²) >= 11 is 1.06. The van der Waals surface area contributed by atoms with E-state index in [0.717, 1.165) is 11.3 Å². The van der Waals surface area contributed by atoms with Crippen LogP contribution < -0.4 is 4.72 Å². The lowest BCUT2D eigenvalue weighted by Crippen LogP contribution is -2.30. The zero-order valence-electron chi connectivity index (χ0n) is 10.7. The first-order chi connectivity index (χ1) is 10.1. The molecule has 0 spiro atoms. The molecule has 5 nitrogen and oxygen atoms in total. The van der Waals surface area contributed by atoms with Gasteiger partial charge in [-0.25, -0.2) is 13.1 Å². The van der Waals surface area contributed by atoms with Gasteiger partial charge in [-0.05, 0) is 29.6 Å². The number of sulfonamides is 1. The number of nitrogens with one attached hydrogen (secondary N) is 1. The number of thiophene rings is 1. The molecule has 3 rings (SSSR count). The van der Waals surface area contributed by atoms with E-state index in [4.69, 9.17) is 0 Å². The van der Waals surface area contributed by atoms with Gasteiger partial charge >= 0.3 is 0 Å². The van der Waals surface area contributed by atoms with Gasteiger partial charge in [-0.3, -0.25) is 9.78 Å². The molecule has 0 saturated heterocycles. The third-order valence-electron chi connectivity index (χ3n) is 2.88. The first-order valence-corrected chi connectivity index (χ1v) is 8.38. The molecule has 21 heavy (non-hydrogen) atoms. The second-order valence-electron chi connectivity index (χ2n) is 4.24. The molecule has 1 aromatic carbocycles. The number of hydrogen-bond donors (Lipinski definition) is 1. The number of pyridine rings is 1. The molecule has 3 aromatic rings. The van der Waals surface area contributed by atoms with E-state index in [0.29, 0.717) is 10.9 Å². The van der Waals surface area contributed by atoms with Gasteiger partial charge in [-0.1, -0.05) is 18.2 Å². The van der Waals surface area contributed by atoms with Gasteiger partial charge in [-0.15, -0.1) is 11.3 Å². The second kappa shape index (κ2) is 5.27. The molecule has 0 unspecified atom stereocenters. The fourth-order valence-corrected chi connectivity index (χ4v) is 3.90. The second-order valence-corrected chi connectivity index (χ2v) is 7.10. The van der Waals surface area contributed by atoms with Crippen molar-refractivity contribution in [2.75, 3.05) is 0 Å². The molecule has 0 atom stereocenters. The van der Waals surface area contributed by atoms with Crippen molar-refractivity contribution in [3.05, 3.63) is 59.6 Å². The van der Waals surface area contributed by atoms with E-state index < -0.39 is 15.9 Å². The van der Waals surface area contributed by atoms with Crippen LogP contribution in [0, 0.1) is 0 Å². The summed E-state index contributed by atoms with van der Waals surface area (Å²) in [7, 11) is -3.83. The van der Waals surface area contributed by atoms with E-state index in [1.165, 1.54) is 6.07 Å². The van der Waals surface area contributed by atoms with Gasteiger partial charge in [0, 0.05) is 17.1 Å². The van der Waals surface area contributed by atoms with Crippen LogP contribution in [-0.4, -0.2) is 19.3 Å². The Hall–Kier alpha value is -2.25. The van der Waals surface area contributed by atoms with Crippen molar-refractivity contribution in [2.24, 2.45) is 0 Å². The number of carbonyl (C=O) groups excluding carboxylic acids is 1. The van der Waals surface area contributed by atoms with Crippen LogP contribution in [0.5, 0.6) is 0 Å². The summed E-state index contributed by atoms with van der Waals surface area (Å²) in [5.41, 5.74) is 0.916. The number of amides is 1. The molecule has 0 saturated carbocycles. The van der Waals surface area contributed by atoms with Crippen LogP contribution in [0.3, 0.4) is 0 Å². The molecule has 0 aliphatic heterocycles. The largest absolute Gasteiger partial charge is 0.273 e. The fourth-order valence-electron chi connectivity index (χ4n) is 1.95. The molecule has 0 aliphatic rings. The summed E-state index contributed by atoms with van der Waals surface area (Å²) in [5.74, 6) is -0.665. The maximum atomic E-state index is 12.3. The molecule has 1 amide bonds. The number of nitrogens with zero attached hydrogens (tertiary/aromatic N) is 1. The highest BCUT2D eigenvalue weighted by Gasteiger charge is 2.20. The summed E-state index contributed by atoms with van der Waals surface area (Å²) in [6, 6.07) is 11.5. The SMILES string of the molecule is O=C(NS(=O)(=O)c1cccs1)c1cccc2ncccc12. The van der Waals surface area contributed by atoms with Crippen LogP contribution in [0.25, 0.3) is 10.9 Å². The standard InChI is InChI=1S/C14H10N2O3S2/c17-14(16-21(18,19)13-7-3-9-20-13)11-4-1-6-12-10(11)5-2-8-15-12/h1-9H,(H,16,17). The summed E-state index contributed by atoms with van der Waals surface area (Å²) < 4.78 is 26.3. The molecule has 106 valence electrons. The first-order valence-electron chi connectivity index (χ1n) is 6.02. The van der Waals surface area contributed by atoms with E-state index in [1.54, 1.807) is 48.0 Å². The minimum Gasteiger partial charge on any atom is -0.268 e. The first kappa shape index (κ1) is 13.7. The summed E-state index contributed by atoms with van der Waals surface area (Å²) in [5, 5.41) is 2.25. The van der Waals surface area contributed by atoms with E-state index >= 15 is 0 Å². The van der Waals surface area contributed by atoms with E-state index in [1.807, 2.05) is 0 Å². The average Bonchev–Trinajstić information content (AvgIpc) is 3.01. The molecule has 0 fully saturated rings.